The molecule has 0 unspecified atom stereocenters. The van der Waals surface area contributed by atoms with Gasteiger partial charge < -0.3 is 0 Å². The second-order valence-corrected chi connectivity index (χ2v) is 5.03. The van der Waals surface area contributed by atoms with Crippen molar-refractivity contribution in [3.63, 3.8) is 0 Å². The first kappa shape index (κ1) is 13.0. The van der Waals surface area contributed by atoms with Crippen molar-refractivity contribution in [3.05, 3.63) is 34.9 Å². The predicted octanol–water partition coefficient (Wildman–Crippen LogP) is 4.31. The zero-order chi connectivity index (χ0) is 12.1. The second-order valence-electron chi connectivity index (χ2n) is 5.03. The number of hydrogen-bond donors (Lipinski definition) is 0. The smallest absolute Gasteiger partial charge is 0.163 e. The van der Waals surface area contributed by atoms with Crippen molar-refractivity contribution in [1.82, 2.24) is 0 Å². The Morgan fingerprint density at radius 3 is 2.56 bits per heavy atom. The quantitative estimate of drug-likeness (QED) is 0.673. The van der Waals surface area contributed by atoms with Gasteiger partial charge in [0.2, 0.25) is 0 Å². The summed E-state index contributed by atoms with van der Waals surface area (Å²) in [7, 11) is 0. The van der Waals surface area contributed by atoms with E-state index in [0.29, 0.717) is 18.1 Å². The van der Waals surface area contributed by atoms with Gasteiger partial charge in [0, 0.05) is 12.0 Å². The zero-order valence-electron chi connectivity index (χ0n) is 10.8. The summed E-state index contributed by atoms with van der Waals surface area (Å²) < 4.78 is 0. The van der Waals surface area contributed by atoms with E-state index >= 15 is 0 Å². The molecular weight excluding hydrogens is 196 g/mol. The van der Waals surface area contributed by atoms with E-state index in [9.17, 15) is 4.79 Å². The lowest BCUT2D eigenvalue weighted by molar-refractivity contribution is 0.0977. The molecule has 0 aliphatic carbocycles. The lowest BCUT2D eigenvalue weighted by Crippen LogP contribution is -2.03. The van der Waals surface area contributed by atoms with Crippen molar-refractivity contribution >= 4 is 5.78 Å². The van der Waals surface area contributed by atoms with Crippen LogP contribution in [0, 0.1) is 19.8 Å². The maximum atomic E-state index is 12.0. The lowest BCUT2D eigenvalue weighted by Gasteiger charge is -2.07. The highest BCUT2D eigenvalue weighted by atomic mass is 16.1. The Labute approximate surface area is 98.9 Å². The second kappa shape index (κ2) is 5.83. The van der Waals surface area contributed by atoms with Crippen molar-refractivity contribution in [2.75, 3.05) is 0 Å². The molecule has 0 spiro atoms. The van der Waals surface area contributed by atoms with E-state index in [1.807, 2.05) is 26.0 Å². The van der Waals surface area contributed by atoms with E-state index in [-0.39, 0.29) is 0 Å². The number of rotatable bonds is 5. The van der Waals surface area contributed by atoms with Crippen LogP contribution in [0.4, 0.5) is 0 Å². The van der Waals surface area contributed by atoms with Crippen LogP contribution in [0.25, 0.3) is 0 Å². The minimum atomic E-state index is 0.293. The molecule has 1 nitrogen and oxygen atoms in total. The van der Waals surface area contributed by atoms with Crippen molar-refractivity contribution in [2.24, 2.45) is 5.92 Å². The predicted molar refractivity (Wildman–Crippen MR) is 68.9 cm³/mol. The van der Waals surface area contributed by atoms with Crippen LogP contribution in [0.2, 0.25) is 0 Å². The molecule has 1 heteroatoms. The van der Waals surface area contributed by atoms with Crippen LogP contribution in [0.15, 0.2) is 18.2 Å². The minimum absolute atomic E-state index is 0.293. The van der Waals surface area contributed by atoms with Gasteiger partial charge in [0.15, 0.2) is 5.78 Å². The Balaban J connectivity index is 2.62. The molecule has 0 N–H and O–H groups in total. The Bertz CT molecular complexity index is 364. The molecule has 0 atom stereocenters. The van der Waals surface area contributed by atoms with Crippen LogP contribution in [0.1, 0.15) is 54.6 Å². The molecule has 0 saturated carbocycles. The van der Waals surface area contributed by atoms with Gasteiger partial charge in [-0.2, -0.15) is 0 Å². The van der Waals surface area contributed by atoms with Gasteiger partial charge >= 0.3 is 0 Å². The van der Waals surface area contributed by atoms with Crippen molar-refractivity contribution in [3.8, 4) is 0 Å². The molecule has 1 rings (SSSR count). The molecule has 0 aromatic heterocycles. The summed E-state index contributed by atoms with van der Waals surface area (Å²) in [6.45, 7) is 8.43. The highest BCUT2D eigenvalue weighted by Crippen LogP contribution is 2.15. The first-order chi connectivity index (χ1) is 7.50. The van der Waals surface area contributed by atoms with Gasteiger partial charge in [-0.25, -0.2) is 0 Å². The van der Waals surface area contributed by atoms with Gasteiger partial charge in [-0.05, 0) is 37.8 Å². The number of hydrogen-bond acceptors (Lipinski definition) is 1. The number of benzene rings is 1. The largest absolute Gasteiger partial charge is 0.294 e. The van der Waals surface area contributed by atoms with Gasteiger partial charge in [-0.15, -0.1) is 0 Å². The molecule has 0 radical (unpaired) electrons. The third kappa shape index (κ3) is 3.80. The van der Waals surface area contributed by atoms with Crippen LogP contribution in [0.5, 0.6) is 0 Å². The number of ketones is 1. The van der Waals surface area contributed by atoms with Crippen molar-refractivity contribution in [2.45, 2.75) is 47.0 Å². The average molecular weight is 218 g/mol. The van der Waals surface area contributed by atoms with Gasteiger partial charge in [0.1, 0.15) is 0 Å². The van der Waals surface area contributed by atoms with E-state index in [2.05, 4.69) is 19.9 Å². The Hall–Kier alpha value is -1.11. The van der Waals surface area contributed by atoms with Crippen LogP contribution in [0.3, 0.4) is 0 Å². The highest BCUT2D eigenvalue weighted by Gasteiger charge is 2.09. The summed E-state index contributed by atoms with van der Waals surface area (Å²) in [6.07, 6.45) is 2.82. The average Bonchev–Trinajstić information content (AvgIpc) is 2.21. The third-order valence-corrected chi connectivity index (χ3v) is 2.88. The summed E-state index contributed by atoms with van der Waals surface area (Å²) in [4.78, 5) is 12.0. The molecule has 0 amide bonds. The molecule has 0 heterocycles. The number of aryl methyl sites for hydroxylation is 2. The van der Waals surface area contributed by atoms with Gasteiger partial charge in [-0.1, -0.05) is 38.0 Å². The number of carbonyl (C=O) groups is 1. The topological polar surface area (TPSA) is 17.1 Å². The molecule has 1 aromatic rings. The summed E-state index contributed by atoms with van der Waals surface area (Å²) >= 11 is 0. The zero-order valence-corrected chi connectivity index (χ0v) is 10.8. The summed E-state index contributed by atoms with van der Waals surface area (Å²) in [6, 6.07) is 6.10. The monoisotopic (exact) mass is 218 g/mol. The minimum Gasteiger partial charge on any atom is -0.294 e. The molecule has 0 fully saturated rings. The van der Waals surface area contributed by atoms with E-state index in [4.69, 9.17) is 0 Å². The Kier molecular flexibility index (Phi) is 4.72. The summed E-state index contributed by atoms with van der Waals surface area (Å²) in [5.74, 6) is 0.980. The first-order valence-electron chi connectivity index (χ1n) is 6.11. The van der Waals surface area contributed by atoms with Gasteiger partial charge in [0.05, 0.1) is 0 Å². The molecular formula is C15H22O. The van der Waals surface area contributed by atoms with Gasteiger partial charge in [-0.3, -0.25) is 4.79 Å². The van der Waals surface area contributed by atoms with Crippen LogP contribution in [-0.4, -0.2) is 5.78 Å². The highest BCUT2D eigenvalue weighted by molar-refractivity contribution is 5.97. The van der Waals surface area contributed by atoms with Crippen LogP contribution >= 0.6 is 0 Å². The fourth-order valence-electron chi connectivity index (χ4n) is 1.84. The fraction of sp³-hybridized carbons (Fsp3) is 0.533. The molecule has 0 bridgehead atoms. The fourth-order valence-corrected chi connectivity index (χ4v) is 1.84. The Morgan fingerprint density at radius 1 is 1.25 bits per heavy atom. The van der Waals surface area contributed by atoms with E-state index in [1.165, 1.54) is 0 Å². The molecule has 0 aliphatic heterocycles. The van der Waals surface area contributed by atoms with Crippen LogP contribution in [-0.2, 0) is 0 Å². The lowest BCUT2D eigenvalue weighted by atomic mass is 9.97. The molecule has 0 saturated heterocycles. The summed E-state index contributed by atoms with van der Waals surface area (Å²) in [5.41, 5.74) is 3.17. The SMILES string of the molecule is Cc1ccc(C)c(C(=O)CCCC(C)C)c1. The Morgan fingerprint density at radius 2 is 1.94 bits per heavy atom. The molecule has 1 aromatic carbocycles. The van der Waals surface area contributed by atoms with Crippen molar-refractivity contribution < 1.29 is 4.79 Å². The maximum absolute atomic E-state index is 12.0. The standard InChI is InChI=1S/C15H22O/c1-11(2)6-5-7-15(16)14-10-12(3)8-9-13(14)4/h8-11H,5-7H2,1-4H3. The first-order valence-corrected chi connectivity index (χ1v) is 6.11. The van der Waals surface area contributed by atoms with E-state index in [1.54, 1.807) is 0 Å². The van der Waals surface area contributed by atoms with Crippen LogP contribution < -0.4 is 0 Å². The van der Waals surface area contributed by atoms with Gasteiger partial charge in [0.25, 0.3) is 0 Å². The number of Topliss-reactive ketones (excluding diaryl/α,β-unsaturated/α-hetero) is 1. The summed E-state index contributed by atoms with van der Waals surface area (Å²) in [5, 5.41) is 0. The third-order valence-electron chi connectivity index (χ3n) is 2.88. The van der Waals surface area contributed by atoms with E-state index < -0.39 is 0 Å². The molecule has 88 valence electrons. The van der Waals surface area contributed by atoms with E-state index in [0.717, 1.165) is 29.5 Å². The van der Waals surface area contributed by atoms with Crippen molar-refractivity contribution in [1.29, 1.82) is 0 Å². The normalized spacial score (nSPS) is 10.8. The number of carbonyl (C=O) groups excluding carboxylic acids is 1. The molecule has 16 heavy (non-hydrogen) atoms. The maximum Gasteiger partial charge on any atom is 0.163 e. The molecule has 0 aliphatic rings.